The third kappa shape index (κ3) is 2.67. The number of benzene rings is 1. The first-order valence-corrected chi connectivity index (χ1v) is 6.13. The van der Waals surface area contributed by atoms with Crippen molar-refractivity contribution in [2.75, 3.05) is 12.8 Å². The Morgan fingerprint density at radius 3 is 2.87 bits per heavy atom. The topological polar surface area (TPSA) is 35.2 Å². The van der Waals surface area contributed by atoms with Crippen LogP contribution in [0.15, 0.2) is 44.8 Å². The van der Waals surface area contributed by atoms with Gasteiger partial charge in [0.2, 0.25) is 0 Å². The van der Waals surface area contributed by atoms with E-state index >= 15 is 0 Å². The molecule has 0 aliphatic rings. The van der Waals surface area contributed by atoms with Crippen LogP contribution in [0.3, 0.4) is 0 Å². The number of hydrogen-bond acceptors (Lipinski definition) is 4. The van der Waals surface area contributed by atoms with E-state index in [2.05, 4.69) is 11.4 Å². The van der Waals surface area contributed by atoms with Crippen molar-refractivity contribution in [3.05, 3.63) is 35.7 Å². The first-order chi connectivity index (χ1) is 7.28. The van der Waals surface area contributed by atoms with Gasteiger partial charge in [0, 0.05) is 16.6 Å². The molecule has 0 spiro atoms. The Morgan fingerprint density at radius 1 is 1.33 bits per heavy atom. The fourth-order valence-electron chi connectivity index (χ4n) is 1.21. The summed E-state index contributed by atoms with van der Waals surface area (Å²) in [5.41, 5.74) is 6.50. The number of nitrogens with two attached hydrogens (primary N) is 1. The first kappa shape index (κ1) is 10.4. The third-order valence-corrected chi connectivity index (χ3v) is 3.86. The average molecular weight is 237 g/mol. The van der Waals surface area contributed by atoms with Crippen molar-refractivity contribution < 1.29 is 4.74 Å². The van der Waals surface area contributed by atoms with Crippen molar-refractivity contribution in [1.29, 1.82) is 0 Å². The largest absolute Gasteiger partial charge is 0.497 e. The molecule has 0 saturated carbocycles. The molecule has 2 rings (SSSR count). The van der Waals surface area contributed by atoms with Crippen molar-refractivity contribution in [1.82, 2.24) is 0 Å². The van der Waals surface area contributed by atoms with E-state index in [1.807, 2.05) is 24.3 Å². The van der Waals surface area contributed by atoms with Crippen molar-refractivity contribution in [2.45, 2.75) is 9.10 Å². The van der Waals surface area contributed by atoms with Crippen LogP contribution in [0.25, 0.3) is 0 Å². The zero-order chi connectivity index (χ0) is 10.7. The van der Waals surface area contributed by atoms with Gasteiger partial charge in [0.15, 0.2) is 0 Å². The highest BCUT2D eigenvalue weighted by molar-refractivity contribution is 8.01. The number of rotatable bonds is 3. The van der Waals surface area contributed by atoms with E-state index in [1.165, 1.54) is 4.21 Å². The standard InChI is InChI=1S/C11H11NOS2/c1-13-9-5-8(12)6-10(7-9)15-11-3-2-4-14-11/h2-7H,12H2,1H3. The lowest BCUT2D eigenvalue weighted by molar-refractivity contribution is 0.414. The maximum Gasteiger partial charge on any atom is 0.122 e. The number of thiophene rings is 1. The van der Waals surface area contributed by atoms with E-state index in [4.69, 9.17) is 10.5 Å². The SMILES string of the molecule is COc1cc(N)cc(Sc2cccs2)c1. The number of nitrogen functional groups attached to an aromatic ring is 1. The lowest BCUT2D eigenvalue weighted by Crippen LogP contribution is -1.88. The summed E-state index contributed by atoms with van der Waals surface area (Å²) in [5, 5.41) is 2.06. The monoisotopic (exact) mass is 237 g/mol. The van der Waals surface area contributed by atoms with Crippen LogP contribution in [0.2, 0.25) is 0 Å². The summed E-state index contributed by atoms with van der Waals surface area (Å²) >= 11 is 3.41. The van der Waals surface area contributed by atoms with Crippen LogP contribution in [-0.4, -0.2) is 7.11 Å². The Kier molecular flexibility index (Phi) is 3.18. The molecule has 0 unspecified atom stereocenters. The summed E-state index contributed by atoms with van der Waals surface area (Å²) in [7, 11) is 1.65. The lowest BCUT2D eigenvalue weighted by atomic mass is 10.3. The quantitative estimate of drug-likeness (QED) is 0.830. The fraction of sp³-hybridized carbons (Fsp3) is 0.0909. The van der Waals surface area contributed by atoms with Crippen LogP contribution in [0, 0.1) is 0 Å². The van der Waals surface area contributed by atoms with Crippen LogP contribution in [0.5, 0.6) is 5.75 Å². The average Bonchev–Trinajstić information content (AvgIpc) is 2.69. The van der Waals surface area contributed by atoms with Crippen molar-refractivity contribution in [2.24, 2.45) is 0 Å². The van der Waals surface area contributed by atoms with E-state index in [0.717, 1.165) is 16.3 Å². The zero-order valence-corrected chi connectivity index (χ0v) is 9.90. The Labute approximate surface area is 97.1 Å². The summed E-state index contributed by atoms with van der Waals surface area (Å²) in [6.45, 7) is 0. The maximum atomic E-state index is 5.77. The predicted octanol–water partition coefficient (Wildman–Crippen LogP) is 3.49. The predicted molar refractivity (Wildman–Crippen MR) is 65.8 cm³/mol. The normalized spacial score (nSPS) is 10.2. The van der Waals surface area contributed by atoms with Gasteiger partial charge in [0.1, 0.15) is 5.75 Å². The van der Waals surface area contributed by atoms with Gasteiger partial charge in [0.25, 0.3) is 0 Å². The number of methoxy groups -OCH3 is 1. The van der Waals surface area contributed by atoms with E-state index in [1.54, 1.807) is 30.2 Å². The summed E-state index contributed by atoms with van der Waals surface area (Å²) in [4.78, 5) is 1.11. The molecular formula is C11H11NOS2. The van der Waals surface area contributed by atoms with Crippen LogP contribution in [0.4, 0.5) is 5.69 Å². The molecule has 2 aromatic rings. The Balaban J connectivity index is 2.24. The third-order valence-electron chi connectivity index (χ3n) is 1.85. The molecule has 0 atom stereocenters. The van der Waals surface area contributed by atoms with Crippen LogP contribution >= 0.6 is 23.1 Å². The molecule has 1 aromatic carbocycles. The molecule has 1 heterocycles. The van der Waals surface area contributed by atoms with Crippen molar-refractivity contribution >= 4 is 28.8 Å². The van der Waals surface area contributed by atoms with Gasteiger partial charge < -0.3 is 10.5 Å². The van der Waals surface area contributed by atoms with Crippen LogP contribution < -0.4 is 10.5 Å². The molecule has 0 aliphatic carbocycles. The molecule has 0 bridgehead atoms. The molecule has 1 aromatic heterocycles. The molecule has 0 radical (unpaired) electrons. The molecule has 4 heteroatoms. The molecule has 78 valence electrons. The van der Waals surface area contributed by atoms with E-state index in [9.17, 15) is 0 Å². The molecular weight excluding hydrogens is 226 g/mol. The van der Waals surface area contributed by atoms with Crippen molar-refractivity contribution in [3.63, 3.8) is 0 Å². The first-order valence-electron chi connectivity index (χ1n) is 4.44. The Hall–Kier alpha value is -1.13. The Bertz CT molecular complexity index is 440. The fourth-order valence-corrected chi connectivity index (χ4v) is 3.05. The smallest absolute Gasteiger partial charge is 0.122 e. The highest BCUT2D eigenvalue weighted by atomic mass is 32.2. The molecule has 15 heavy (non-hydrogen) atoms. The van der Waals surface area contributed by atoms with E-state index in [0.29, 0.717) is 0 Å². The van der Waals surface area contributed by atoms with Gasteiger partial charge in [-0.05, 0) is 23.6 Å². The second kappa shape index (κ2) is 4.59. The maximum absolute atomic E-state index is 5.77. The zero-order valence-electron chi connectivity index (χ0n) is 8.27. The summed E-state index contributed by atoms with van der Waals surface area (Å²) in [6.07, 6.45) is 0. The van der Waals surface area contributed by atoms with Gasteiger partial charge in [-0.15, -0.1) is 11.3 Å². The van der Waals surface area contributed by atoms with E-state index < -0.39 is 0 Å². The second-order valence-corrected chi connectivity index (χ2v) is 5.30. The van der Waals surface area contributed by atoms with Crippen LogP contribution in [-0.2, 0) is 0 Å². The van der Waals surface area contributed by atoms with Gasteiger partial charge in [-0.3, -0.25) is 0 Å². The second-order valence-electron chi connectivity index (χ2n) is 2.98. The summed E-state index contributed by atoms with van der Waals surface area (Å²) in [5.74, 6) is 0.800. The van der Waals surface area contributed by atoms with Crippen molar-refractivity contribution in [3.8, 4) is 5.75 Å². The van der Waals surface area contributed by atoms with Gasteiger partial charge in [-0.1, -0.05) is 17.8 Å². The highest BCUT2D eigenvalue weighted by Gasteiger charge is 2.02. The number of ether oxygens (including phenoxy) is 1. The lowest BCUT2D eigenvalue weighted by Gasteiger charge is -2.04. The van der Waals surface area contributed by atoms with Gasteiger partial charge in [-0.2, -0.15) is 0 Å². The molecule has 0 aliphatic heterocycles. The minimum absolute atomic E-state index is 0.730. The molecule has 2 N–H and O–H groups in total. The highest BCUT2D eigenvalue weighted by Crippen LogP contribution is 2.34. The van der Waals surface area contributed by atoms with Gasteiger partial charge >= 0.3 is 0 Å². The van der Waals surface area contributed by atoms with Gasteiger partial charge in [-0.25, -0.2) is 0 Å². The minimum Gasteiger partial charge on any atom is -0.497 e. The molecule has 0 amide bonds. The summed E-state index contributed by atoms with van der Waals surface area (Å²) < 4.78 is 6.42. The summed E-state index contributed by atoms with van der Waals surface area (Å²) in [6, 6.07) is 9.88. The van der Waals surface area contributed by atoms with Crippen LogP contribution in [0.1, 0.15) is 0 Å². The Morgan fingerprint density at radius 2 is 2.20 bits per heavy atom. The van der Waals surface area contributed by atoms with E-state index in [-0.39, 0.29) is 0 Å². The minimum atomic E-state index is 0.730. The molecule has 0 fully saturated rings. The molecule has 2 nitrogen and oxygen atoms in total. The number of hydrogen-bond donors (Lipinski definition) is 1. The van der Waals surface area contributed by atoms with Gasteiger partial charge in [0.05, 0.1) is 11.3 Å². The number of anilines is 1. The molecule has 0 saturated heterocycles.